The van der Waals surface area contributed by atoms with Gasteiger partial charge in [0.2, 0.25) is 0 Å². The van der Waals surface area contributed by atoms with Gasteiger partial charge in [0, 0.05) is 12.8 Å². The number of ether oxygens (including phenoxy) is 2. The van der Waals surface area contributed by atoms with Gasteiger partial charge in [-0.1, -0.05) is 164 Å². The molecule has 0 bridgehead atoms. The lowest BCUT2D eigenvalue weighted by Crippen LogP contribution is -2.29. The summed E-state index contributed by atoms with van der Waals surface area (Å²) < 4.78 is 47.6. The van der Waals surface area contributed by atoms with E-state index in [4.69, 9.17) is 23.8 Å². The molecule has 0 aromatic carbocycles. The van der Waals surface area contributed by atoms with Gasteiger partial charge in [-0.2, -0.15) is 0 Å². The first-order chi connectivity index (χ1) is 29.2. The van der Waals surface area contributed by atoms with Crippen LogP contribution in [0.3, 0.4) is 0 Å². The topological polar surface area (TPSA) is 216 Å². The first kappa shape index (κ1) is 58.5. The quantitative estimate of drug-likeness (QED) is 0.0127. The predicted octanol–water partition coefficient (Wildman–Crippen LogP) is 10.2. The Kier molecular flexibility index (Phi) is 37.5. The van der Waals surface area contributed by atoms with Crippen molar-refractivity contribution in [3.05, 3.63) is 72.9 Å². The highest BCUT2D eigenvalue weighted by Crippen LogP contribution is 2.43. The molecule has 0 aromatic heterocycles. The minimum absolute atomic E-state index is 0.0773. The Balaban J connectivity index is 4.75. The number of hydrogen-bond donors (Lipinski definition) is 5. The first-order valence-corrected chi connectivity index (χ1v) is 25.2. The second kappa shape index (κ2) is 39.1. The van der Waals surface area contributed by atoms with E-state index in [1.54, 1.807) is 24.3 Å². The Labute approximate surface area is 366 Å². The van der Waals surface area contributed by atoms with Gasteiger partial charge in [-0.25, -0.2) is 9.13 Å². The van der Waals surface area contributed by atoms with Crippen LogP contribution < -0.4 is 0 Å². The number of hydrogen-bond acceptors (Lipinski definition) is 11. The molecule has 0 aliphatic rings. The van der Waals surface area contributed by atoms with Crippen molar-refractivity contribution in [3.8, 4) is 0 Å². The summed E-state index contributed by atoms with van der Waals surface area (Å²) in [5, 5.41) is 20.0. The molecule has 16 heteroatoms. The molecule has 0 heterocycles. The highest BCUT2D eigenvalue weighted by Gasteiger charge is 2.28. The lowest BCUT2D eigenvalue weighted by atomic mass is 9.99. The monoisotopic (exact) mass is 904 g/mol. The summed E-state index contributed by atoms with van der Waals surface area (Å²) in [6.45, 7) is 3.76. The van der Waals surface area contributed by atoms with Crippen molar-refractivity contribution in [3.63, 3.8) is 0 Å². The fourth-order valence-corrected chi connectivity index (χ4v) is 6.65. The zero-order valence-corrected chi connectivity index (χ0v) is 38.8. The molecule has 0 aliphatic heterocycles. The van der Waals surface area contributed by atoms with E-state index in [1.807, 2.05) is 12.2 Å². The molecule has 0 aliphatic carbocycles. The molecule has 3 unspecified atom stereocenters. The standard InChI is InChI=1S/C45H78O14P2/c1-4-6-7-8-9-10-11-12-13-17-20-23-27-32-41(46)33-28-25-30-35-45(49)59-43(39-58-61(53,54)57-37-42(47)36-56-60(50,51)52)38-55-44(48)34-29-24-21-18-15-14-16-19-22-26-31-40(3)5-2/h6-7,9-10,12-13,20,23,25,27-28,32,40-43,46-47H,4-5,8,11,14-19,21-22,24,26,29-31,33-39H2,1-3H3,(H,53,54)(H2,50,51,52)/b7-6-,10-9-,13-12-,23-20-,28-25-,32-27-/t40?,41?,42-,43+/m0/s1. The number of aliphatic hydroxyl groups excluding tert-OH is 2. The van der Waals surface area contributed by atoms with Crippen molar-refractivity contribution in [2.24, 2.45) is 5.92 Å². The van der Waals surface area contributed by atoms with Crippen molar-refractivity contribution in [2.45, 2.75) is 167 Å². The van der Waals surface area contributed by atoms with E-state index in [0.717, 1.165) is 50.9 Å². The van der Waals surface area contributed by atoms with Crippen LogP contribution in [0.4, 0.5) is 0 Å². The Morgan fingerprint density at radius 2 is 1.16 bits per heavy atom. The molecular formula is C45H78O14P2. The number of phosphoric acid groups is 2. The van der Waals surface area contributed by atoms with E-state index in [-0.39, 0.29) is 19.3 Å². The second-order valence-corrected chi connectivity index (χ2v) is 17.7. The molecule has 14 nitrogen and oxygen atoms in total. The van der Waals surface area contributed by atoms with E-state index < -0.39 is 72.3 Å². The largest absolute Gasteiger partial charge is 0.472 e. The molecule has 5 atom stereocenters. The first-order valence-electron chi connectivity index (χ1n) is 22.1. The molecule has 352 valence electrons. The zero-order chi connectivity index (χ0) is 45.5. The average Bonchev–Trinajstić information content (AvgIpc) is 3.21. The third-order valence-electron chi connectivity index (χ3n) is 9.23. The number of unbranched alkanes of at least 4 members (excludes halogenated alkanes) is 9. The number of allylic oxidation sites excluding steroid dienone is 10. The number of phosphoric ester groups is 2. The van der Waals surface area contributed by atoms with Gasteiger partial charge in [0.25, 0.3) is 0 Å². The Morgan fingerprint density at radius 3 is 1.77 bits per heavy atom. The average molecular weight is 905 g/mol. The van der Waals surface area contributed by atoms with Gasteiger partial charge in [-0.3, -0.25) is 23.2 Å². The maximum Gasteiger partial charge on any atom is 0.472 e. The Hall–Kier alpha value is -2.48. The van der Waals surface area contributed by atoms with Crippen molar-refractivity contribution in [1.82, 2.24) is 0 Å². The lowest BCUT2D eigenvalue weighted by molar-refractivity contribution is -0.161. The summed E-state index contributed by atoms with van der Waals surface area (Å²) in [5.74, 6) is -0.404. The van der Waals surface area contributed by atoms with Gasteiger partial charge >= 0.3 is 27.6 Å². The van der Waals surface area contributed by atoms with Crippen LogP contribution in [-0.2, 0) is 41.8 Å². The van der Waals surface area contributed by atoms with Crippen LogP contribution in [0.2, 0.25) is 0 Å². The van der Waals surface area contributed by atoms with Gasteiger partial charge in [0.15, 0.2) is 6.10 Å². The molecular weight excluding hydrogens is 826 g/mol. The molecule has 0 saturated heterocycles. The molecule has 0 saturated carbocycles. The minimum Gasteiger partial charge on any atom is -0.462 e. The maximum absolute atomic E-state index is 12.7. The van der Waals surface area contributed by atoms with Gasteiger partial charge in [-0.05, 0) is 50.9 Å². The lowest BCUT2D eigenvalue weighted by Gasteiger charge is -2.20. The summed E-state index contributed by atoms with van der Waals surface area (Å²) in [7, 11) is -9.74. The predicted molar refractivity (Wildman–Crippen MR) is 240 cm³/mol. The number of aliphatic hydroxyl groups is 2. The molecule has 0 fully saturated rings. The van der Waals surface area contributed by atoms with Crippen LogP contribution in [0.1, 0.15) is 149 Å². The fourth-order valence-electron chi connectivity index (χ4n) is 5.49. The fraction of sp³-hybridized carbons (Fsp3) is 0.689. The van der Waals surface area contributed by atoms with Crippen LogP contribution in [0, 0.1) is 5.92 Å². The van der Waals surface area contributed by atoms with Crippen LogP contribution >= 0.6 is 15.6 Å². The molecule has 61 heavy (non-hydrogen) atoms. The number of rotatable bonds is 40. The molecule has 5 N–H and O–H groups in total. The van der Waals surface area contributed by atoms with E-state index in [1.165, 1.54) is 51.4 Å². The van der Waals surface area contributed by atoms with E-state index in [0.29, 0.717) is 12.8 Å². The van der Waals surface area contributed by atoms with Gasteiger partial charge in [-0.15, -0.1) is 0 Å². The zero-order valence-electron chi connectivity index (χ0n) is 37.0. The molecule has 0 spiro atoms. The minimum atomic E-state index is -4.89. The summed E-state index contributed by atoms with van der Waals surface area (Å²) in [5.41, 5.74) is 0. The molecule has 0 radical (unpaired) electrons. The summed E-state index contributed by atoms with van der Waals surface area (Å²) in [6, 6.07) is 0. The molecule has 0 amide bonds. The summed E-state index contributed by atoms with van der Waals surface area (Å²) >= 11 is 0. The third-order valence-corrected chi connectivity index (χ3v) is 10.7. The van der Waals surface area contributed by atoms with Crippen LogP contribution in [-0.4, -0.2) is 81.6 Å². The van der Waals surface area contributed by atoms with Crippen molar-refractivity contribution in [1.29, 1.82) is 0 Å². The SMILES string of the molecule is CC/C=C\C/C=C\C/C=C\C/C=C\C=C/C(O)C/C=C\CCC(=O)O[C@H](COC(=O)CCCCCCCCCCCCC(C)CC)COP(=O)(O)OC[C@@H](O)COP(=O)(O)O. The molecule has 0 rings (SSSR count). The van der Waals surface area contributed by atoms with E-state index in [9.17, 15) is 33.8 Å². The van der Waals surface area contributed by atoms with Gasteiger partial charge in [0.05, 0.1) is 25.9 Å². The smallest absolute Gasteiger partial charge is 0.462 e. The Morgan fingerprint density at radius 1 is 0.607 bits per heavy atom. The second-order valence-electron chi connectivity index (χ2n) is 15.0. The van der Waals surface area contributed by atoms with Crippen LogP contribution in [0.15, 0.2) is 72.9 Å². The van der Waals surface area contributed by atoms with E-state index >= 15 is 0 Å². The van der Waals surface area contributed by atoms with Gasteiger partial charge in [0.1, 0.15) is 12.7 Å². The maximum atomic E-state index is 12.7. The van der Waals surface area contributed by atoms with Crippen molar-refractivity contribution in [2.75, 3.05) is 26.4 Å². The number of carbonyl (C=O) groups excluding carboxylic acids is 2. The number of esters is 2. The van der Waals surface area contributed by atoms with E-state index in [2.05, 4.69) is 66.3 Å². The highest BCUT2D eigenvalue weighted by atomic mass is 31.2. The van der Waals surface area contributed by atoms with Crippen LogP contribution in [0.5, 0.6) is 0 Å². The van der Waals surface area contributed by atoms with Crippen molar-refractivity contribution < 1.29 is 66.7 Å². The van der Waals surface area contributed by atoms with Crippen molar-refractivity contribution >= 4 is 27.6 Å². The molecule has 0 aromatic rings. The number of carbonyl (C=O) groups is 2. The Bertz CT molecular complexity index is 1390. The normalized spacial score (nSPS) is 15.7. The van der Waals surface area contributed by atoms with Gasteiger partial charge < -0.3 is 34.4 Å². The third kappa shape index (κ3) is 42.6. The summed E-state index contributed by atoms with van der Waals surface area (Å²) in [6.07, 6.45) is 37.9. The highest BCUT2D eigenvalue weighted by molar-refractivity contribution is 7.47. The summed E-state index contributed by atoms with van der Waals surface area (Å²) in [4.78, 5) is 52.7. The van der Waals surface area contributed by atoms with Crippen LogP contribution in [0.25, 0.3) is 0 Å².